The van der Waals surface area contributed by atoms with Crippen LogP contribution < -0.4 is 4.90 Å². The maximum Gasteiger partial charge on any atom is 0.177 e. The van der Waals surface area contributed by atoms with E-state index in [1.165, 1.54) is 22.0 Å². The largest absolute Gasteiger partial charge is 0.333 e. The van der Waals surface area contributed by atoms with E-state index in [1.54, 1.807) is 0 Å². The molecule has 3 aliphatic rings. The van der Waals surface area contributed by atoms with Crippen LogP contribution in [0.5, 0.6) is 0 Å². The third kappa shape index (κ3) is 4.54. The minimum absolute atomic E-state index is 0.0179. The van der Waals surface area contributed by atoms with E-state index in [4.69, 9.17) is 9.98 Å². The molecule has 0 fully saturated rings. The highest BCUT2D eigenvalue weighted by molar-refractivity contribution is 6.21. The number of aromatic nitrogens is 1. The molecule has 2 aliphatic heterocycles. The molecule has 0 saturated heterocycles. The van der Waals surface area contributed by atoms with Crippen molar-refractivity contribution < 1.29 is 0 Å². The number of benzene rings is 5. The van der Waals surface area contributed by atoms with Crippen LogP contribution in [-0.2, 0) is 0 Å². The molecule has 1 aromatic heterocycles. The second kappa shape index (κ2) is 11.7. The fourth-order valence-corrected chi connectivity index (χ4v) is 7.82. The lowest BCUT2D eigenvalue weighted by atomic mass is 9.89. The van der Waals surface area contributed by atoms with Gasteiger partial charge >= 0.3 is 0 Å². The van der Waals surface area contributed by atoms with Gasteiger partial charge in [-0.25, -0.2) is 9.98 Å². The number of fused-ring (bicyclic) bond motifs is 6. The first kappa shape index (κ1) is 29.4. The highest BCUT2D eigenvalue weighted by Crippen LogP contribution is 2.47. The number of nitrogens with zero attached hydrogens (tertiary/aromatic N) is 6. The zero-order chi connectivity index (χ0) is 33.8. The van der Waals surface area contributed by atoms with Gasteiger partial charge in [-0.05, 0) is 59.2 Å². The summed E-state index contributed by atoms with van der Waals surface area (Å²) in [5.41, 5.74) is 10.1. The Bertz CT molecular complexity index is 2530. The lowest BCUT2D eigenvalue weighted by molar-refractivity contribution is 0.745. The number of anilines is 2. The van der Waals surface area contributed by atoms with Crippen molar-refractivity contribution in [2.45, 2.75) is 18.9 Å². The predicted octanol–water partition coefficient (Wildman–Crippen LogP) is 9.70. The maximum atomic E-state index is 10.1. The number of allylic oxidation sites excluding steroid dienone is 4. The van der Waals surface area contributed by atoms with Crippen molar-refractivity contribution in [3.63, 3.8) is 0 Å². The molecule has 3 heterocycles. The number of rotatable bonds is 4. The summed E-state index contributed by atoms with van der Waals surface area (Å²) in [4.78, 5) is 12.0. The first-order valence-electron chi connectivity index (χ1n) is 16.8. The minimum Gasteiger partial charge on any atom is -0.333 e. The normalized spacial score (nSPS) is 19.4. The molecule has 50 heavy (non-hydrogen) atoms. The summed E-state index contributed by atoms with van der Waals surface area (Å²) in [6, 6.07) is 46.6. The standard InChI is InChI=1S/C44H30N6/c1-28-43(29-18-22-31(23-19-29)49-39-14-6-2-10-33(39)34-11-3-7-15-40(34)49)47-37(26-45)38(27-46)48-44(28)30-20-24-32(25-21-30)50-41-16-8-4-12-35(41)36-13-5-9-17-42(36)50/h2-25,28,33,39H,1H3. The van der Waals surface area contributed by atoms with Gasteiger partial charge in [-0.2, -0.15) is 10.5 Å². The Morgan fingerprint density at radius 2 is 1.10 bits per heavy atom. The Labute approximate surface area is 290 Å². The first-order valence-corrected chi connectivity index (χ1v) is 16.8. The van der Waals surface area contributed by atoms with Crippen LogP contribution in [0.2, 0.25) is 0 Å². The van der Waals surface area contributed by atoms with Gasteiger partial charge in [0.1, 0.15) is 12.1 Å². The molecular weight excluding hydrogens is 613 g/mol. The summed E-state index contributed by atoms with van der Waals surface area (Å²) < 4.78 is 2.27. The molecule has 3 atom stereocenters. The van der Waals surface area contributed by atoms with Gasteiger partial charge in [0.2, 0.25) is 0 Å². The number of aliphatic imine (C=N–C) groups is 2. The lowest BCUT2D eigenvalue weighted by Gasteiger charge is -2.29. The SMILES string of the molecule is CC1C(c2ccc(N3c4ccccc4C4C=CC=CC43)cc2)=NC(C#N)=C(C#N)N=C1c1ccc(-n2c3ccccc3c3ccccc32)cc1. The van der Waals surface area contributed by atoms with Crippen molar-refractivity contribution >= 4 is 44.6 Å². The topological polar surface area (TPSA) is 80.5 Å². The molecule has 0 N–H and O–H groups in total. The van der Waals surface area contributed by atoms with E-state index in [9.17, 15) is 10.5 Å². The molecule has 236 valence electrons. The van der Waals surface area contributed by atoms with E-state index in [-0.39, 0.29) is 23.4 Å². The third-order valence-corrected chi connectivity index (χ3v) is 10.1. The number of nitriles is 2. The van der Waals surface area contributed by atoms with E-state index in [1.807, 2.05) is 6.92 Å². The van der Waals surface area contributed by atoms with E-state index in [0.29, 0.717) is 17.3 Å². The molecule has 0 amide bonds. The Morgan fingerprint density at radius 1 is 0.580 bits per heavy atom. The van der Waals surface area contributed by atoms with Gasteiger partial charge in [0.25, 0.3) is 0 Å². The fraction of sp³-hybridized carbons (Fsp3) is 0.0909. The molecule has 6 aromatic rings. The summed E-state index contributed by atoms with van der Waals surface area (Å²) in [5, 5.41) is 22.6. The molecule has 0 bridgehead atoms. The van der Waals surface area contributed by atoms with Crippen molar-refractivity contribution in [3.8, 4) is 17.8 Å². The van der Waals surface area contributed by atoms with Gasteiger partial charge < -0.3 is 9.47 Å². The minimum atomic E-state index is -0.294. The predicted molar refractivity (Wildman–Crippen MR) is 201 cm³/mol. The second-order valence-electron chi connectivity index (χ2n) is 12.8. The molecule has 6 heteroatoms. The van der Waals surface area contributed by atoms with Crippen LogP contribution in [-0.4, -0.2) is 22.0 Å². The Hall–Kier alpha value is -6.76. The van der Waals surface area contributed by atoms with Crippen LogP contribution in [0.4, 0.5) is 11.4 Å². The Balaban J connectivity index is 1.09. The van der Waals surface area contributed by atoms with Gasteiger partial charge in [0.05, 0.1) is 28.5 Å². The quantitative estimate of drug-likeness (QED) is 0.192. The average molecular weight is 643 g/mol. The highest BCUT2D eigenvalue weighted by atomic mass is 15.2. The van der Waals surface area contributed by atoms with Gasteiger partial charge in [0, 0.05) is 39.7 Å². The smallest absolute Gasteiger partial charge is 0.177 e. The summed E-state index contributed by atoms with van der Waals surface area (Å²) in [6.07, 6.45) is 8.79. The summed E-state index contributed by atoms with van der Waals surface area (Å²) in [6.45, 7) is 2.04. The van der Waals surface area contributed by atoms with Crippen LogP contribution in [0.15, 0.2) is 167 Å². The van der Waals surface area contributed by atoms with Gasteiger partial charge in [-0.1, -0.05) is 110 Å². The number of hydrogen-bond donors (Lipinski definition) is 0. The lowest BCUT2D eigenvalue weighted by Crippen LogP contribution is -2.28. The average Bonchev–Trinajstić information content (AvgIpc) is 3.64. The summed E-state index contributed by atoms with van der Waals surface area (Å²) in [5.74, 6) is 0.00687. The van der Waals surface area contributed by atoms with Gasteiger partial charge in [0.15, 0.2) is 11.4 Å². The van der Waals surface area contributed by atoms with Crippen LogP contribution in [0.3, 0.4) is 0 Å². The molecule has 1 aliphatic carbocycles. The molecule has 0 spiro atoms. The van der Waals surface area contributed by atoms with Gasteiger partial charge in [-0.3, -0.25) is 0 Å². The van der Waals surface area contributed by atoms with Gasteiger partial charge in [-0.15, -0.1) is 0 Å². The Kier molecular flexibility index (Phi) is 6.90. The van der Waals surface area contributed by atoms with Crippen LogP contribution in [0.1, 0.15) is 29.5 Å². The maximum absolute atomic E-state index is 10.1. The molecule has 0 radical (unpaired) electrons. The summed E-state index contributed by atoms with van der Waals surface area (Å²) in [7, 11) is 0. The molecular formula is C44H30N6. The van der Waals surface area contributed by atoms with Crippen LogP contribution >= 0.6 is 0 Å². The molecule has 0 saturated carbocycles. The molecule has 5 aromatic carbocycles. The van der Waals surface area contributed by atoms with Crippen molar-refractivity contribution in [3.05, 3.63) is 174 Å². The number of hydrogen-bond acceptors (Lipinski definition) is 5. The Morgan fingerprint density at radius 3 is 1.70 bits per heavy atom. The van der Waals surface area contributed by atoms with E-state index >= 15 is 0 Å². The molecule has 9 rings (SSSR count). The first-order chi connectivity index (χ1) is 24.6. The number of para-hydroxylation sites is 3. The monoisotopic (exact) mass is 642 g/mol. The summed E-state index contributed by atoms with van der Waals surface area (Å²) >= 11 is 0. The van der Waals surface area contributed by atoms with E-state index < -0.39 is 0 Å². The molecule has 6 nitrogen and oxygen atoms in total. The van der Waals surface area contributed by atoms with Crippen molar-refractivity contribution in [1.82, 2.24) is 4.57 Å². The zero-order valence-corrected chi connectivity index (χ0v) is 27.3. The van der Waals surface area contributed by atoms with Crippen LogP contribution in [0.25, 0.3) is 27.5 Å². The van der Waals surface area contributed by atoms with E-state index in [2.05, 4.69) is 167 Å². The van der Waals surface area contributed by atoms with Crippen molar-refractivity contribution in [2.75, 3.05) is 4.90 Å². The zero-order valence-electron chi connectivity index (χ0n) is 27.3. The van der Waals surface area contributed by atoms with Crippen molar-refractivity contribution in [2.24, 2.45) is 15.9 Å². The molecule has 3 unspecified atom stereocenters. The highest BCUT2D eigenvalue weighted by Gasteiger charge is 2.37. The van der Waals surface area contributed by atoms with Crippen LogP contribution in [0, 0.1) is 28.6 Å². The third-order valence-electron chi connectivity index (χ3n) is 10.1. The second-order valence-corrected chi connectivity index (χ2v) is 12.8. The fourth-order valence-electron chi connectivity index (χ4n) is 7.82. The van der Waals surface area contributed by atoms with E-state index in [0.717, 1.165) is 33.5 Å². The van der Waals surface area contributed by atoms with Crippen molar-refractivity contribution in [1.29, 1.82) is 10.5 Å².